The molecule has 1 saturated carbocycles. The van der Waals surface area contributed by atoms with Gasteiger partial charge in [0.2, 0.25) is 0 Å². The monoisotopic (exact) mass is 330 g/mol. The van der Waals surface area contributed by atoms with E-state index in [0.29, 0.717) is 11.0 Å². The highest BCUT2D eigenvalue weighted by Gasteiger charge is 2.44. The SMILES string of the molecule is CCC1(COCCC[Si](OC)(OC)C2CCCCC2)COC1. The second kappa shape index (κ2) is 8.78. The van der Waals surface area contributed by atoms with E-state index in [1.54, 1.807) is 0 Å². The Morgan fingerprint density at radius 1 is 1.09 bits per heavy atom. The third-order valence-electron chi connectivity index (χ3n) is 5.71. The van der Waals surface area contributed by atoms with Crippen molar-refractivity contribution in [3.05, 3.63) is 0 Å². The van der Waals surface area contributed by atoms with Crippen LogP contribution < -0.4 is 0 Å². The van der Waals surface area contributed by atoms with Gasteiger partial charge in [0, 0.05) is 31.8 Å². The van der Waals surface area contributed by atoms with E-state index in [0.717, 1.165) is 45.3 Å². The Bertz CT molecular complexity index is 304. The molecule has 2 rings (SSSR count). The van der Waals surface area contributed by atoms with Crippen LogP contribution in [0.3, 0.4) is 0 Å². The maximum Gasteiger partial charge on any atom is 0.340 e. The Morgan fingerprint density at radius 2 is 1.77 bits per heavy atom. The molecule has 0 spiro atoms. The van der Waals surface area contributed by atoms with Gasteiger partial charge in [0.05, 0.1) is 19.8 Å². The van der Waals surface area contributed by atoms with Gasteiger partial charge in [-0.25, -0.2) is 0 Å². The zero-order chi connectivity index (χ0) is 15.9. The van der Waals surface area contributed by atoms with Crippen LogP contribution in [-0.4, -0.2) is 49.2 Å². The van der Waals surface area contributed by atoms with E-state index in [2.05, 4.69) is 6.92 Å². The van der Waals surface area contributed by atoms with E-state index in [1.165, 1.54) is 32.1 Å². The average molecular weight is 331 g/mol. The summed E-state index contributed by atoms with van der Waals surface area (Å²) < 4.78 is 23.2. The highest BCUT2D eigenvalue weighted by molar-refractivity contribution is 6.69. The minimum absolute atomic E-state index is 0.292. The van der Waals surface area contributed by atoms with Crippen molar-refractivity contribution in [2.75, 3.05) is 40.6 Å². The van der Waals surface area contributed by atoms with Crippen molar-refractivity contribution in [3.63, 3.8) is 0 Å². The third-order valence-corrected chi connectivity index (χ3v) is 9.96. The summed E-state index contributed by atoms with van der Waals surface area (Å²) >= 11 is 0. The molecule has 1 aliphatic carbocycles. The van der Waals surface area contributed by atoms with Crippen LogP contribution in [0.15, 0.2) is 0 Å². The molecule has 0 atom stereocenters. The Labute approximate surface area is 137 Å². The molecule has 0 bridgehead atoms. The first-order valence-corrected chi connectivity index (χ1v) is 11.1. The van der Waals surface area contributed by atoms with Crippen LogP contribution in [0.4, 0.5) is 0 Å². The predicted molar refractivity (Wildman–Crippen MR) is 90.4 cm³/mol. The molecule has 0 aromatic rings. The fraction of sp³-hybridized carbons (Fsp3) is 1.00. The first-order valence-electron chi connectivity index (χ1n) is 8.96. The van der Waals surface area contributed by atoms with Gasteiger partial charge >= 0.3 is 8.56 Å². The molecule has 1 aliphatic heterocycles. The minimum Gasteiger partial charge on any atom is -0.397 e. The molecule has 0 unspecified atom stereocenters. The van der Waals surface area contributed by atoms with E-state index in [4.69, 9.17) is 18.3 Å². The Morgan fingerprint density at radius 3 is 2.27 bits per heavy atom. The van der Waals surface area contributed by atoms with Crippen molar-refractivity contribution >= 4 is 8.56 Å². The fourth-order valence-corrected chi connectivity index (χ4v) is 7.43. The molecule has 2 aliphatic rings. The molecule has 0 aromatic heterocycles. The molecule has 0 aromatic carbocycles. The van der Waals surface area contributed by atoms with Crippen LogP contribution in [-0.2, 0) is 18.3 Å². The standard InChI is InChI=1S/C17H34O4Si/c1-4-17(14-21-15-17)13-20-11-8-12-22(18-2,19-3)16-9-6-5-7-10-16/h16H,4-15H2,1-3H3. The fourth-order valence-electron chi connectivity index (χ4n) is 3.86. The summed E-state index contributed by atoms with van der Waals surface area (Å²) in [6.45, 7) is 5.60. The molecule has 0 amide bonds. The second-order valence-electron chi connectivity index (χ2n) is 7.06. The molecule has 22 heavy (non-hydrogen) atoms. The predicted octanol–water partition coefficient (Wildman–Crippen LogP) is 3.89. The van der Waals surface area contributed by atoms with Gasteiger partial charge in [-0.05, 0) is 31.7 Å². The van der Waals surface area contributed by atoms with Gasteiger partial charge in [-0.3, -0.25) is 0 Å². The van der Waals surface area contributed by atoms with Crippen LogP contribution >= 0.6 is 0 Å². The van der Waals surface area contributed by atoms with Gasteiger partial charge in [0.25, 0.3) is 0 Å². The van der Waals surface area contributed by atoms with E-state index in [1.807, 2.05) is 14.2 Å². The zero-order valence-corrected chi connectivity index (χ0v) is 15.7. The normalized spacial score (nSPS) is 22.5. The van der Waals surface area contributed by atoms with Crippen LogP contribution in [0.5, 0.6) is 0 Å². The maximum absolute atomic E-state index is 5.97. The Balaban J connectivity index is 1.72. The summed E-state index contributed by atoms with van der Waals surface area (Å²) in [5.74, 6) is 0. The van der Waals surface area contributed by atoms with Crippen molar-refractivity contribution < 1.29 is 18.3 Å². The highest BCUT2D eigenvalue weighted by atomic mass is 28.4. The summed E-state index contributed by atoms with van der Waals surface area (Å²) in [6.07, 6.45) is 8.80. The average Bonchev–Trinajstić information content (AvgIpc) is 2.54. The van der Waals surface area contributed by atoms with E-state index < -0.39 is 8.56 Å². The largest absolute Gasteiger partial charge is 0.397 e. The summed E-state index contributed by atoms with van der Waals surface area (Å²) in [4.78, 5) is 0. The van der Waals surface area contributed by atoms with Gasteiger partial charge in [0.15, 0.2) is 0 Å². The highest BCUT2D eigenvalue weighted by Crippen LogP contribution is 2.40. The molecule has 4 nitrogen and oxygen atoms in total. The van der Waals surface area contributed by atoms with Crippen LogP contribution in [0.2, 0.25) is 11.6 Å². The lowest BCUT2D eigenvalue weighted by Crippen LogP contribution is -2.46. The quantitative estimate of drug-likeness (QED) is 0.450. The lowest BCUT2D eigenvalue weighted by molar-refractivity contribution is -0.150. The Kier molecular flexibility index (Phi) is 7.34. The van der Waals surface area contributed by atoms with Crippen LogP contribution in [0, 0.1) is 5.41 Å². The van der Waals surface area contributed by atoms with Crippen molar-refractivity contribution in [1.29, 1.82) is 0 Å². The summed E-state index contributed by atoms with van der Waals surface area (Å²) in [6, 6.07) is 1.06. The second-order valence-corrected chi connectivity index (χ2v) is 10.8. The summed E-state index contributed by atoms with van der Waals surface area (Å²) in [5.41, 5.74) is 0.957. The topological polar surface area (TPSA) is 36.9 Å². The molecular formula is C17H34O4Si. The minimum atomic E-state index is -2.05. The van der Waals surface area contributed by atoms with Gasteiger partial charge in [-0.1, -0.05) is 26.2 Å². The molecule has 5 heteroatoms. The Hall–Kier alpha value is 0.0569. The van der Waals surface area contributed by atoms with Crippen molar-refractivity contribution in [3.8, 4) is 0 Å². The number of ether oxygens (including phenoxy) is 2. The summed E-state index contributed by atoms with van der Waals surface area (Å²) in [5, 5.41) is 0. The number of hydrogen-bond donors (Lipinski definition) is 0. The lowest BCUT2D eigenvalue weighted by atomic mass is 9.84. The molecule has 1 heterocycles. The van der Waals surface area contributed by atoms with Gasteiger partial charge in [-0.2, -0.15) is 0 Å². The van der Waals surface area contributed by atoms with Gasteiger partial charge in [0.1, 0.15) is 0 Å². The molecule has 2 fully saturated rings. The smallest absolute Gasteiger partial charge is 0.340 e. The molecule has 0 N–H and O–H groups in total. The van der Waals surface area contributed by atoms with Crippen molar-refractivity contribution in [2.24, 2.45) is 5.41 Å². The molecule has 130 valence electrons. The first-order chi connectivity index (χ1) is 10.7. The van der Waals surface area contributed by atoms with Gasteiger partial charge in [-0.15, -0.1) is 0 Å². The van der Waals surface area contributed by atoms with E-state index in [9.17, 15) is 0 Å². The first kappa shape index (κ1) is 18.4. The zero-order valence-electron chi connectivity index (χ0n) is 14.7. The lowest BCUT2D eigenvalue weighted by Gasteiger charge is -2.40. The van der Waals surface area contributed by atoms with Crippen LogP contribution in [0.1, 0.15) is 51.9 Å². The number of rotatable bonds is 10. The van der Waals surface area contributed by atoms with Crippen molar-refractivity contribution in [1.82, 2.24) is 0 Å². The molecule has 0 radical (unpaired) electrons. The summed E-state index contributed by atoms with van der Waals surface area (Å²) in [7, 11) is 1.65. The van der Waals surface area contributed by atoms with Crippen LogP contribution in [0.25, 0.3) is 0 Å². The molecule has 1 saturated heterocycles. The third kappa shape index (κ3) is 4.32. The van der Waals surface area contributed by atoms with E-state index in [-0.39, 0.29) is 0 Å². The molecular weight excluding hydrogens is 296 g/mol. The van der Waals surface area contributed by atoms with Crippen molar-refractivity contribution in [2.45, 2.75) is 63.5 Å². The van der Waals surface area contributed by atoms with Gasteiger partial charge < -0.3 is 18.3 Å². The number of hydrogen-bond acceptors (Lipinski definition) is 4. The maximum atomic E-state index is 5.97. The van der Waals surface area contributed by atoms with E-state index >= 15 is 0 Å².